The number of carbonyl (C=O) groups excluding carboxylic acids is 1. The minimum absolute atomic E-state index is 0.0108. The molecule has 2 fully saturated rings. The summed E-state index contributed by atoms with van der Waals surface area (Å²) in [7, 11) is 1.53. The smallest absolute Gasteiger partial charge is 0.309 e. The summed E-state index contributed by atoms with van der Waals surface area (Å²) in [5.74, 6) is 1.63. The molecule has 0 aromatic heterocycles. The summed E-state index contributed by atoms with van der Waals surface area (Å²) < 4.78 is 5.17. The maximum atomic E-state index is 12.5. The van der Waals surface area contributed by atoms with Gasteiger partial charge in [0.05, 0.1) is 13.0 Å². The molecule has 0 N–H and O–H groups in total. The molecule has 0 amide bonds. The molecule has 22 heavy (non-hydrogen) atoms. The molecule has 2 aromatic carbocycles. The Balaban J connectivity index is 1.82. The van der Waals surface area contributed by atoms with E-state index in [0.29, 0.717) is 11.8 Å². The molecule has 2 unspecified atom stereocenters. The first kappa shape index (κ1) is 13.8. The van der Waals surface area contributed by atoms with Gasteiger partial charge in [0.1, 0.15) is 0 Å². The Morgan fingerprint density at radius 3 is 2.73 bits per heavy atom. The van der Waals surface area contributed by atoms with Crippen molar-refractivity contribution in [3.8, 4) is 0 Å². The fraction of sp³-hybridized carbons (Fsp3) is 0.450. The van der Waals surface area contributed by atoms with Gasteiger partial charge in [0.15, 0.2) is 0 Å². The lowest BCUT2D eigenvalue weighted by Gasteiger charge is -2.35. The van der Waals surface area contributed by atoms with Crippen LogP contribution in [0, 0.1) is 17.8 Å². The summed E-state index contributed by atoms with van der Waals surface area (Å²) in [6, 6.07) is 15.0. The number of hydrogen-bond donors (Lipinski definition) is 0. The van der Waals surface area contributed by atoms with E-state index in [1.165, 1.54) is 42.7 Å². The molecule has 2 aliphatic rings. The van der Waals surface area contributed by atoms with Crippen molar-refractivity contribution in [1.29, 1.82) is 0 Å². The van der Waals surface area contributed by atoms with Crippen LogP contribution in [0.2, 0.25) is 0 Å². The number of esters is 1. The molecule has 0 radical (unpaired) electrons. The number of fused-ring (bicyclic) bond motifs is 3. The van der Waals surface area contributed by atoms with Crippen LogP contribution in [-0.4, -0.2) is 13.1 Å². The molecule has 2 heteroatoms. The van der Waals surface area contributed by atoms with Gasteiger partial charge in [0.2, 0.25) is 0 Å². The molecule has 0 heterocycles. The molecule has 2 aliphatic carbocycles. The van der Waals surface area contributed by atoms with Gasteiger partial charge in [-0.3, -0.25) is 4.79 Å². The highest BCUT2D eigenvalue weighted by Crippen LogP contribution is 2.53. The lowest BCUT2D eigenvalue weighted by Crippen LogP contribution is -2.33. The Hall–Kier alpha value is -1.83. The third-order valence-corrected chi connectivity index (χ3v) is 5.81. The maximum absolute atomic E-state index is 12.5. The van der Waals surface area contributed by atoms with Crippen LogP contribution in [0.15, 0.2) is 42.5 Å². The van der Waals surface area contributed by atoms with E-state index in [4.69, 9.17) is 4.74 Å². The molecule has 4 atom stereocenters. The molecule has 2 aromatic rings. The summed E-state index contributed by atoms with van der Waals surface area (Å²) in [5, 5.41) is 2.56. The number of carbonyl (C=O) groups is 1. The average molecular weight is 294 g/mol. The highest BCUT2D eigenvalue weighted by Gasteiger charge is 2.46. The van der Waals surface area contributed by atoms with Crippen LogP contribution in [-0.2, 0) is 9.53 Å². The predicted molar refractivity (Wildman–Crippen MR) is 87.6 cm³/mol. The van der Waals surface area contributed by atoms with E-state index in [1.807, 2.05) is 0 Å². The van der Waals surface area contributed by atoms with Crippen LogP contribution in [0.3, 0.4) is 0 Å². The Morgan fingerprint density at radius 1 is 1.05 bits per heavy atom. The van der Waals surface area contributed by atoms with Crippen molar-refractivity contribution in [3.63, 3.8) is 0 Å². The van der Waals surface area contributed by atoms with Crippen molar-refractivity contribution in [2.24, 2.45) is 17.8 Å². The minimum Gasteiger partial charge on any atom is -0.469 e. The van der Waals surface area contributed by atoms with Crippen LogP contribution in [0.4, 0.5) is 0 Å². The first-order valence-electron chi connectivity index (χ1n) is 8.33. The van der Waals surface area contributed by atoms with E-state index >= 15 is 0 Å². The largest absolute Gasteiger partial charge is 0.469 e. The molecule has 2 nitrogen and oxygen atoms in total. The molecule has 2 saturated carbocycles. The Morgan fingerprint density at radius 2 is 1.86 bits per heavy atom. The van der Waals surface area contributed by atoms with Crippen molar-refractivity contribution in [3.05, 3.63) is 48.0 Å². The molecule has 114 valence electrons. The lowest BCUT2D eigenvalue weighted by atomic mass is 9.68. The molecular weight excluding hydrogens is 272 g/mol. The van der Waals surface area contributed by atoms with Gasteiger partial charge in [-0.05, 0) is 53.4 Å². The third-order valence-electron chi connectivity index (χ3n) is 5.81. The topological polar surface area (TPSA) is 26.3 Å². The predicted octanol–water partition coefficient (Wildman–Crippen LogP) is 4.53. The first-order chi connectivity index (χ1) is 10.8. The number of methoxy groups -OCH3 is 1. The zero-order chi connectivity index (χ0) is 15.1. The second-order valence-electron chi connectivity index (χ2n) is 6.90. The van der Waals surface area contributed by atoms with Crippen molar-refractivity contribution in [2.45, 2.75) is 31.6 Å². The van der Waals surface area contributed by atoms with Crippen LogP contribution in [0.1, 0.15) is 37.2 Å². The number of hydrogen-bond acceptors (Lipinski definition) is 2. The van der Waals surface area contributed by atoms with Crippen molar-refractivity contribution >= 4 is 16.7 Å². The van der Waals surface area contributed by atoms with E-state index in [-0.39, 0.29) is 11.9 Å². The summed E-state index contributed by atoms with van der Waals surface area (Å²) in [5.41, 5.74) is 1.34. The van der Waals surface area contributed by atoms with Gasteiger partial charge in [-0.1, -0.05) is 48.9 Å². The number of benzene rings is 2. The Bertz CT molecular complexity index is 700. The van der Waals surface area contributed by atoms with Gasteiger partial charge in [-0.25, -0.2) is 0 Å². The van der Waals surface area contributed by atoms with Crippen molar-refractivity contribution in [1.82, 2.24) is 0 Å². The zero-order valence-electron chi connectivity index (χ0n) is 13.0. The monoisotopic (exact) mass is 294 g/mol. The van der Waals surface area contributed by atoms with Crippen LogP contribution in [0.5, 0.6) is 0 Å². The quantitative estimate of drug-likeness (QED) is 0.760. The summed E-state index contributed by atoms with van der Waals surface area (Å²) in [6.07, 6.45) is 4.80. The van der Waals surface area contributed by atoms with Gasteiger partial charge in [0, 0.05) is 0 Å². The van der Waals surface area contributed by atoms with E-state index < -0.39 is 0 Å². The van der Waals surface area contributed by atoms with E-state index in [0.717, 1.165) is 12.3 Å². The van der Waals surface area contributed by atoms with Gasteiger partial charge < -0.3 is 4.74 Å². The second-order valence-corrected chi connectivity index (χ2v) is 6.90. The summed E-state index contributed by atoms with van der Waals surface area (Å²) in [4.78, 5) is 12.5. The standard InChI is InChI=1S/C20H22O2/c1-22-20(21)19-15-10-9-13(11-15)12-18(19)17-8-4-6-14-5-2-3-7-16(14)17/h2-8,13,15,18-19H,9-12H2,1H3/t13?,15?,18-,19-/m0/s1. The summed E-state index contributed by atoms with van der Waals surface area (Å²) in [6.45, 7) is 0. The Kier molecular flexibility index (Phi) is 3.40. The fourth-order valence-corrected chi connectivity index (χ4v) is 4.88. The van der Waals surface area contributed by atoms with E-state index in [1.54, 1.807) is 0 Å². The molecule has 0 saturated heterocycles. The highest BCUT2D eigenvalue weighted by atomic mass is 16.5. The first-order valence-corrected chi connectivity index (χ1v) is 8.33. The lowest BCUT2D eigenvalue weighted by molar-refractivity contribution is -0.149. The van der Waals surface area contributed by atoms with Crippen LogP contribution < -0.4 is 0 Å². The molecular formula is C20H22O2. The van der Waals surface area contributed by atoms with E-state index in [2.05, 4.69) is 42.5 Å². The van der Waals surface area contributed by atoms with Gasteiger partial charge >= 0.3 is 5.97 Å². The van der Waals surface area contributed by atoms with Gasteiger partial charge in [-0.2, -0.15) is 0 Å². The molecule has 0 spiro atoms. The zero-order valence-corrected chi connectivity index (χ0v) is 13.0. The van der Waals surface area contributed by atoms with Crippen LogP contribution in [0.25, 0.3) is 10.8 Å². The highest BCUT2D eigenvalue weighted by molar-refractivity contribution is 5.87. The van der Waals surface area contributed by atoms with Gasteiger partial charge in [-0.15, -0.1) is 0 Å². The van der Waals surface area contributed by atoms with Crippen molar-refractivity contribution < 1.29 is 9.53 Å². The molecule has 2 bridgehead atoms. The fourth-order valence-electron chi connectivity index (χ4n) is 4.88. The third kappa shape index (κ3) is 2.13. The van der Waals surface area contributed by atoms with Crippen LogP contribution >= 0.6 is 0 Å². The molecule has 0 aliphatic heterocycles. The minimum atomic E-state index is -0.0108. The van der Waals surface area contributed by atoms with E-state index in [9.17, 15) is 4.79 Å². The Labute approximate surface area is 131 Å². The average Bonchev–Trinajstić information content (AvgIpc) is 2.95. The van der Waals surface area contributed by atoms with Gasteiger partial charge in [0.25, 0.3) is 0 Å². The molecule has 4 rings (SSSR count). The van der Waals surface area contributed by atoms with Crippen molar-refractivity contribution in [2.75, 3.05) is 7.11 Å². The SMILES string of the molecule is COC(=O)[C@H]1C2CCC(C2)C[C@H]1c1cccc2ccccc12. The summed E-state index contributed by atoms with van der Waals surface area (Å²) >= 11 is 0. The number of ether oxygens (including phenoxy) is 1. The maximum Gasteiger partial charge on any atom is 0.309 e. The second kappa shape index (κ2) is 5.42. The number of rotatable bonds is 2. The normalized spacial score (nSPS) is 30.4.